The monoisotopic (exact) mass is 328 g/mol. The Hall–Kier alpha value is -2.14. The molecule has 2 aromatic heterocycles. The van der Waals surface area contributed by atoms with Gasteiger partial charge in [0.05, 0.1) is 18.2 Å². The van der Waals surface area contributed by atoms with E-state index in [2.05, 4.69) is 51.0 Å². The molecule has 100 valence electrons. The summed E-state index contributed by atoms with van der Waals surface area (Å²) < 4.78 is 3.06. The molecule has 2 heterocycles. The number of nitrogen functional groups attached to an aromatic ring is 1. The molecule has 0 bridgehead atoms. The molecule has 0 saturated carbocycles. The van der Waals surface area contributed by atoms with Gasteiger partial charge in [0, 0.05) is 33.8 Å². The first-order valence-corrected chi connectivity index (χ1v) is 6.95. The van der Waals surface area contributed by atoms with Crippen molar-refractivity contribution in [2.45, 2.75) is 6.92 Å². The number of aryl methyl sites for hydroxylation is 1. The van der Waals surface area contributed by atoms with E-state index in [1.54, 1.807) is 31.0 Å². The number of rotatable bonds is 2. The van der Waals surface area contributed by atoms with Crippen LogP contribution in [0.4, 0.5) is 5.69 Å². The molecule has 0 aliphatic carbocycles. The first-order chi connectivity index (χ1) is 9.66. The maximum absolute atomic E-state index is 6.02. The first-order valence-electron chi connectivity index (χ1n) is 6.15. The minimum Gasteiger partial charge on any atom is -0.398 e. The van der Waals surface area contributed by atoms with Crippen molar-refractivity contribution in [3.05, 3.63) is 59.2 Å². The van der Waals surface area contributed by atoms with E-state index in [0.29, 0.717) is 5.69 Å². The van der Waals surface area contributed by atoms with Gasteiger partial charge in [0.25, 0.3) is 0 Å². The quantitative estimate of drug-likeness (QED) is 0.782. The second kappa shape index (κ2) is 5.09. The van der Waals surface area contributed by atoms with E-state index in [1.165, 1.54) is 5.56 Å². The molecule has 0 aliphatic heterocycles. The van der Waals surface area contributed by atoms with Crippen LogP contribution in [0.5, 0.6) is 0 Å². The predicted octanol–water partition coefficient (Wildman–Crippen LogP) is 3.59. The SMILES string of the molecule is Cc1ccc(-n2cncc2-c2cnccc2N)cc1Br. The highest BCUT2D eigenvalue weighted by atomic mass is 79.9. The minimum absolute atomic E-state index is 0.688. The van der Waals surface area contributed by atoms with Crippen LogP contribution < -0.4 is 5.73 Å². The molecule has 0 fully saturated rings. The van der Waals surface area contributed by atoms with Gasteiger partial charge in [0.2, 0.25) is 0 Å². The van der Waals surface area contributed by atoms with Crippen LogP contribution in [0.2, 0.25) is 0 Å². The largest absolute Gasteiger partial charge is 0.398 e. The summed E-state index contributed by atoms with van der Waals surface area (Å²) in [5.41, 5.74) is 10.7. The fourth-order valence-electron chi connectivity index (χ4n) is 2.05. The summed E-state index contributed by atoms with van der Waals surface area (Å²) in [7, 11) is 0. The number of nitrogens with two attached hydrogens (primary N) is 1. The van der Waals surface area contributed by atoms with Crippen LogP contribution in [0.3, 0.4) is 0 Å². The van der Waals surface area contributed by atoms with Gasteiger partial charge in [-0.1, -0.05) is 22.0 Å². The Labute approximate surface area is 125 Å². The van der Waals surface area contributed by atoms with Gasteiger partial charge in [-0.2, -0.15) is 0 Å². The van der Waals surface area contributed by atoms with Crippen molar-refractivity contribution in [3.8, 4) is 16.9 Å². The zero-order chi connectivity index (χ0) is 14.1. The fraction of sp³-hybridized carbons (Fsp3) is 0.0667. The van der Waals surface area contributed by atoms with Crippen LogP contribution in [-0.2, 0) is 0 Å². The van der Waals surface area contributed by atoms with Gasteiger partial charge in [-0.05, 0) is 30.7 Å². The molecule has 3 aromatic rings. The molecular formula is C15H13BrN4. The first kappa shape index (κ1) is 12.9. The summed E-state index contributed by atoms with van der Waals surface area (Å²) in [6.45, 7) is 2.06. The van der Waals surface area contributed by atoms with Gasteiger partial charge in [-0.3, -0.25) is 9.55 Å². The lowest BCUT2D eigenvalue weighted by atomic mass is 10.1. The molecule has 4 nitrogen and oxygen atoms in total. The van der Waals surface area contributed by atoms with Crippen LogP contribution in [0.1, 0.15) is 5.56 Å². The van der Waals surface area contributed by atoms with Crippen molar-refractivity contribution in [1.82, 2.24) is 14.5 Å². The van der Waals surface area contributed by atoms with Crippen LogP contribution in [0.25, 0.3) is 16.9 Å². The number of halogens is 1. The Bertz CT molecular complexity index is 764. The van der Waals surface area contributed by atoms with E-state index in [4.69, 9.17) is 5.73 Å². The Morgan fingerprint density at radius 1 is 1.15 bits per heavy atom. The summed E-state index contributed by atoms with van der Waals surface area (Å²) in [5.74, 6) is 0. The van der Waals surface area contributed by atoms with Gasteiger partial charge < -0.3 is 5.73 Å². The van der Waals surface area contributed by atoms with Gasteiger partial charge in [-0.15, -0.1) is 0 Å². The van der Waals surface area contributed by atoms with Crippen molar-refractivity contribution in [1.29, 1.82) is 0 Å². The van der Waals surface area contributed by atoms with Crippen LogP contribution in [0.15, 0.2) is 53.7 Å². The smallest absolute Gasteiger partial charge is 0.0997 e. The van der Waals surface area contributed by atoms with Crippen molar-refractivity contribution < 1.29 is 0 Å². The summed E-state index contributed by atoms with van der Waals surface area (Å²) in [4.78, 5) is 8.37. The molecule has 0 aliphatic rings. The van der Waals surface area contributed by atoms with Crippen molar-refractivity contribution in [2.75, 3.05) is 5.73 Å². The minimum atomic E-state index is 0.688. The highest BCUT2D eigenvalue weighted by Gasteiger charge is 2.10. The van der Waals surface area contributed by atoms with Gasteiger partial charge in [-0.25, -0.2) is 4.98 Å². The maximum atomic E-state index is 6.02. The van der Waals surface area contributed by atoms with E-state index >= 15 is 0 Å². The molecule has 0 radical (unpaired) electrons. The molecular weight excluding hydrogens is 316 g/mol. The molecule has 0 saturated heterocycles. The van der Waals surface area contributed by atoms with Crippen molar-refractivity contribution in [3.63, 3.8) is 0 Å². The zero-order valence-electron chi connectivity index (χ0n) is 10.9. The van der Waals surface area contributed by atoms with E-state index < -0.39 is 0 Å². The number of hydrogen-bond donors (Lipinski definition) is 1. The molecule has 0 atom stereocenters. The van der Waals surface area contributed by atoms with Crippen molar-refractivity contribution >= 4 is 21.6 Å². The Morgan fingerprint density at radius 3 is 2.75 bits per heavy atom. The molecule has 2 N–H and O–H groups in total. The summed E-state index contributed by atoms with van der Waals surface area (Å²) in [6, 6.07) is 7.97. The summed E-state index contributed by atoms with van der Waals surface area (Å²) in [6.07, 6.45) is 7.01. The number of imidazole rings is 1. The number of anilines is 1. The summed E-state index contributed by atoms with van der Waals surface area (Å²) in [5, 5.41) is 0. The lowest BCUT2D eigenvalue weighted by Gasteiger charge is -2.11. The van der Waals surface area contributed by atoms with E-state index in [9.17, 15) is 0 Å². The third-order valence-electron chi connectivity index (χ3n) is 3.20. The number of nitrogens with zero attached hydrogens (tertiary/aromatic N) is 3. The molecule has 5 heteroatoms. The Morgan fingerprint density at radius 2 is 2.00 bits per heavy atom. The van der Waals surface area contributed by atoms with E-state index in [0.717, 1.165) is 21.4 Å². The molecule has 0 unspecified atom stereocenters. The molecule has 1 aromatic carbocycles. The van der Waals surface area contributed by atoms with E-state index in [1.807, 2.05) is 4.57 Å². The second-order valence-electron chi connectivity index (χ2n) is 4.55. The lowest BCUT2D eigenvalue weighted by molar-refractivity contribution is 1.06. The topological polar surface area (TPSA) is 56.7 Å². The van der Waals surface area contributed by atoms with Crippen LogP contribution >= 0.6 is 15.9 Å². The Kier molecular flexibility index (Phi) is 3.28. The standard InChI is InChI=1S/C15H13BrN4/c1-10-2-3-11(6-13(10)16)20-9-19-8-15(20)12-7-18-5-4-14(12)17/h2-9H,1H3,(H2,17,18). The fourth-order valence-corrected chi connectivity index (χ4v) is 2.42. The molecule has 0 amide bonds. The highest BCUT2D eigenvalue weighted by molar-refractivity contribution is 9.10. The second-order valence-corrected chi connectivity index (χ2v) is 5.40. The molecule has 0 spiro atoms. The van der Waals surface area contributed by atoms with Gasteiger partial charge in [0.15, 0.2) is 0 Å². The number of hydrogen-bond acceptors (Lipinski definition) is 3. The number of pyridine rings is 1. The predicted molar refractivity (Wildman–Crippen MR) is 83.6 cm³/mol. The summed E-state index contributed by atoms with van der Waals surface area (Å²) >= 11 is 3.56. The zero-order valence-corrected chi connectivity index (χ0v) is 12.5. The molecule has 3 rings (SSSR count). The number of benzene rings is 1. The highest BCUT2D eigenvalue weighted by Crippen LogP contribution is 2.28. The van der Waals surface area contributed by atoms with Gasteiger partial charge in [0.1, 0.15) is 0 Å². The third kappa shape index (κ3) is 2.20. The maximum Gasteiger partial charge on any atom is 0.0997 e. The van der Waals surface area contributed by atoms with Crippen LogP contribution in [-0.4, -0.2) is 14.5 Å². The Balaban J connectivity index is 2.15. The van der Waals surface area contributed by atoms with E-state index in [-0.39, 0.29) is 0 Å². The van der Waals surface area contributed by atoms with Gasteiger partial charge >= 0.3 is 0 Å². The molecule has 20 heavy (non-hydrogen) atoms. The average Bonchev–Trinajstić information content (AvgIpc) is 2.91. The lowest BCUT2D eigenvalue weighted by Crippen LogP contribution is -1.98. The normalized spacial score (nSPS) is 10.7. The van der Waals surface area contributed by atoms with Crippen LogP contribution in [0, 0.1) is 6.92 Å². The van der Waals surface area contributed by atoms with Crippen molar-refractivity contribution in [2.24, 2.45) is 0 Å². The number of aromatic nitrogens is 3. The third-order valence-corrected chi connectivity index (χ3v) is 4.06. The average molecular weight is 329 g/mol.